The first-order valence-corrected chi connectivity index (χ1v) is 14.4. The fourth-order valence-electron chi connectivity index (χ4n) is 4.35. The largest absolute Gasteiger partial charge is 0.388 e. The molecule has 0 amide bonds. The van der Waals surface area contributed by atoms with Crippen molar-refractivity contribution in [2.75, 3.05) is 5.73 Å². The number of rotatable bonds is 10. The van der Waals surface area contributed by atoms with E-state index in [1.165, 1.54) is 17.8 Å². The highest BCUT2D eigenvalue weighted by atomic mass is 31.2. The third-order valence-electron chi connectivity index (χ3n) is 7.39. The Morgan fingerprint density at radius 3 is 2.42 bits per heavy atom. The van der Waals surface area contributed by atoms with Crippen molar-refractivity contribution in [2.24, 2.45) is 0 Å². The van der Waals surface area contributed by atoms with Crippen LogP contribution in [0, 0.1) is 0 Å². The number of para-hydroxylation sites is 1. The fraction of sp³-hybridized carbons (Fsp3) is 0.520. The molecule has 0 spiro atoms. The van der Waals surface area contributed by atoms with Gasteiger partial charge in [0.15, 0.2) is 11.6 Å². The van der Waals surface area contributed by atoms with E-state index in [1.54, 1.807) is 27.0 Å². The predicted molar refractivity (Wildman–Crippen MR) is 144 cm³/mol. The molecule has 3 heterocycles. The Morgan fingerprint density at radius 2 is 1.80 bits per heavy atom. The van der Waals surface area contributed by atoms with Crippen molar-refractivity contribution in [3.8, 4) is 16.9 Å². The molecule has 7 atom stereocenters. The number of aliphatic hydroxyl groups excluding tert-OH is 2. The molecule has 4 rings (SSSR count). The molecule has 218 valence electrons. The molecule has 0 radical (unpaired) electrons. The van der Waals surface area contributed by atoms with Gasteiger partial charge in [0.2, 0.25) is 0 Å². The van der Waals surface area contributed by atoms with Crippen LogP contribution in [0.5, 0.6) is 0 Å². The summed E-state index contributed by atoms with van der Waals surface area (Å²) in [7, 11) is -4.51. The van der Waals surface area contributed by atoms with Crippen LogP contribution < -0.4 is 11.4 Å². The molecule has 2 aromatic heterocycles. The average molecular weight is 579 g/mol. The molecule has 1 fully saturated rings. The Labute approximate surface area is 230 Å². The van der Waals surface area contributed by atoms with E-state index in [1.807, 2.05) is 30.3 Å². The maximum absolute atomic E-state index is 12.8. The van der Waals surface area contributed by atoms with Gasteiger partial charge in [-0.05, 0) is 38.8 Å². The Hall–Kier alpha value is -2.97. The van der Waals surface area contributed by atoms with E-state index in [0.717, 1.165) is 10.3 Å². The zero-order valence-corrected chi connectivity index (χ0v) is 23.5. The molecule has 0 bridgehead atoms. The van der Waals surface area contributed by atoms with Crippen LogP contribution in [-0.4, -0.2) is 74.0 Å². The third-order valence-corrected chi connectivity index (χ3v) is 9.61. The minimum Gasteiger partial charge on any atom is -0.388 e. The van der Waals surface area contributed by atoms with Gasteiger partial charge in [0, 0.05) is 12.6 Å². The van der Waals surface area contributed by atoms with E-state index in [9.17, 15) is 29.6 Å². The Morgan fingerprint density at radius 1 is 1.12 bits per heavy atom. The number of hydrogen-bond donors (Lipinski definition) is 5. The summed E-state index contributed by atoms with van der Waals surface area (Å²) in [4.78, 5) is 27.1. The van der Waals surface area contributed by atoms with Crippen LogP contribution in [0.15, 0.2) is 47.5 Å². The molecular formula is C25H35N6O8P. The zero-order valence-electron chi connectivity index (χ0n) is 22.7. The lowest BCUT2D eigenvalue weighted by Crippen LogP contribution is -2.40. The highest BCUT2D eigenvalue weighted by Gasteiger charge is 2.50. The van der Waals surface area contributed by atoms with E-state index in [-0.39, 0.29) is 30.6 Å². The van der Waals surface area contributed by atoms with Gasteiger partial charge in [-0.25, -0.2) is 9.48 Å². The lowest BCUT2D eigenvalue weighted by atomic mass is 9.93. The van der Waals surface area contributed by atoms with Crippen LogP contribution in [0.1, 0.15) is 53.2 Å². The van der Waals surface area contributed by atoms with Crippen LogP contribution in [0.4, 0.5) is 5.82 Å². The molecular weight excluding hydrogens is 543 g/mol. The molecule has 0 saturated carbocycles. The number of benzene rings is 1. The Kier molecular flexibility index (Phi) is 8.35. The average Bonchev–Trinajstić information content (AvgIpc) is 3.50. The minimum absolute atomic E-state index is 0.0294. The summed E-state index contributed by atoms with van der Waals surface area (Å²) in [5.41, 5.74) is 5.17. The van der Waals surface area contributed by atoms with Gasteiger partial charge in [-0.2, -0.15) is 4.98 Å². The van der Waals surface area contributed by atoms with Gasteiger partial charge < -0.3 is 35.2 Å². The van der Waals surface area contributed by atoms with Crippen LogP contribution in [0.2, 0.25) is 0 Å². The normalized spacial score (nSPS) is 25.7. The molecule has 14 nitrogen and oxygen atoms in total. The van der Waals surface area contributed by atoms with Gasteiger partial charge in [-0.15, -0.1) is 5.10 Å². The lowest BCUT2D eigenvalue weighted by Gasteiger charge is -2.37. The van der Waals surface area contributed by atoms with Gasteiger partial charge in [-0.3, -0.25) is 9.13 Å². The Balaban J connectivity index is 1.60. The zero-order chi connectivity index (χ0) is 29.5. The van der Waals surface area contributed by atoms with Crippen molar-refractivity contribution in [1.29, 1.82) is 0 Å². The monoisotopic (exact) mass is 578 g/mol. The smallest absolute Gasteiger partial charge is 0.359 e. The first-order chi connectivity index (χ1) is 18.7. The quantitative estimate of drug-likeness (QED) is 0.217. The van der Waals surface area contributed by atoms with Gasteiger partial charge in [0.05, 0.1) is 29.2 Å². The number of nitrogens with zero attached hydrogens (tertiary/aromatic N) is 5. The highest BCUT2D eigenvalue weighted by Crippen LogP contribution is 2.59. The summed E-state index contributed by atoms with van der Waals surface area (Å²) in [6.07, 6.45) is -2.50. The van der Waals surface area contributed by atoms with Gasteiger partial charge in [0.1, 0.15) is 23.7 Å². The molecule has 1 aliphatic rings. The lowest BCUT2D eigenvalue weighted by molar-refractivity contribution is -0.0713. The Bertz CT molecular complexity index is 1450. The number of ether oxygens (including phenoxy) is 1. The third kappa shape index (κ3) is 5.75. The fourth-order valence-corrected chi connectivity index (χ4v) is 5.75. The SMILES string of the molecule is CCC(C)(C[C@H]1O[C@@H](n2cc(-c3cn(-c4ccccc4)nn3)c(N)nc2=O)[C@@H](O)C1O)OP(=O)(O)C(C)(O)CC. The predicted octanol–water partition coefficient (Wildman–Crippen LogP) is 1.57. The summed E-state index contributed by atoms with van der Waals surface area (Å²) in [5.74, 6) is -0.111. The van der Waals surface area contributed by atoms with E-state index in [2.05, 4.69) is 15.3 Å². The molecule has 1 aromatic carbocycles. The van der Waals surface area contributed by atoms with Crippen molar-refractivity contribution in [3.63, 3.8) is 0 Å². The van der Waals surface area contributed by atoms with Crippen molar-refractivity contribution >= 4 is 13.4 Å². The topological polar surface area (TPSA) is 208 Å². The number of hydrogen-bond acceptors (Lipinski definition) is 11. The van der Waals surface area contributed by atoms with E-state index >= 15 is 0 Å². The van der Waals surface area contributed by atoms with Crippen molar-refractivity contribution < 1.29 is 34.0 Å². The highest BCUT2D eigenvalue weighted by molar-refractivity contribution is 7.54. The molecule has 1 aliphatic heterocycles. The van der Waals surface area contributed by atoms with Crippen molar-refractivity contribution in [1.82, 2.24) is 24.5 Å². The number of nitrogen functional groups attached to an aromatic ring is 1. The van der Waals surface area contributed by atoms with E-state index in [0.29, 0.717) is 5.69 Å². The summed E-state index contributed by atoms with van der Waals surface area (Å²) >= 11 is 0. The van der Waals surface area contributed by atoms with Gasteiger partial charge >= 0.3 is 13.3 Å². The van der Waals surface area contributed by atoms with Crippen LogP contribution in [0.25, 0.3) is 16.9 Å². The number of aliphatic hydroxyl groups is 3. The summed E-state index contributed by atoms with van der Waals surface area (Å²) in [6.45, 7) is 6.01. The molecule has 40 heavy (non-hydrogen) atoms. The maximum Gasteiger partial charge on any atom is 0.359 e. The number of aromatic nitrogens is 5. The molecule has 6 N–H and O–H groups in total. The molecule has 0 aliphatic carbocycles. The molecule has 4 unspecified atom stereocenters. The second-order valence-electron chi connectivity index (χ2n) is 10.3. The van der Waals surface area contributed by atoms with E-state index in [4.69, 9.17) is 15.0 Å². The summed E-state index contributed by atoms with van der Waals surface area (Å²) in [5, 5.41) is 38.3. The minimum atomic E-state index is -4.51. The second-order valence-corrected chi connectivity index (χ2v) is 12.5. The van der Waals surface area contributed by atoms with Crippen LogP contribution in [-0.2, 0) is 13.8 Å². The first-order valence-electron chi connectivity index (χ1n) is 12.9. The summed E-state index contributed by atoms with van der Waals surface area (Å²) < 4.78 is 26.8. The molecule has 15 heteroatoms. The van der Waals surface area contributed by atoms with Crippen molar-refractivity contribution in [3.05, 3.63) is 53.2 Å². The molecule has 3 aromatic rings. The van der Waals surface area contributed by atoms with Gasteiger partial charge in [0.25, 0.3) is 0 Å². The van der Waals surface area contributed by atoms with Crippen LogP contribution >= 0.6 is 7.60 Å². The van der Waals surface area contributed by atoms with Gasteiger partial charge in [-0.1, -0.05) is 37.3 Å². The maximum atomic E-state index is 12.8. The van der Waals surface area contributed by atoms with Crippen LogP contribution in [0.3, 0.4) is 0 Å². The standard InChI is InChI=1S/C25H35N6O8P/c1-5-24(3,39-40(36,37)25(4,35)6-2)12-18-19(32)20(33)22(38-18)30-13-16(21(26)27-23(30)34)17-14-31(29-28-17)15-10-8-7-9-11-15/h7-11,13-14,18-20,22,32-33,35H,5-6,12H2,1-4H3,(H,36,37)(H2,26,27,34)/t18-,19?,20+,22-,24?,25?/m1/s1. The van der Waals surface area contributed by atoms with E-state index < -0.39 is 48.8 Å². The first kappa shape index (κ1) is 30.0. The van der Waals surface area contributed by atoms with Crippen molar-refractivity contribution in [2.45, 2.75) is 82.4 Å². The second kappa shape index (κ2) is 11.1. The molecule has 1 saturated heterocycles. The number of anilines is 1. The summed E-state index contributed by atoms with van der Waals surface area (Å²) in [6, 6.07) is 9.21. The number of nitrogens with two attached hydrogens (primary N) is 1.